The fourth-order valence-corrected chi connectivity index (χ4v) is 3.12. The number of aromatic nitrogens is 2. The van der Waals surface area contributed by atoms with Gasteiger partial charge in [0.05, 0.1) is 19.0 Å². The molecule has 1 aromatic heterocycles. The molecule has 0 radical (unpaired) electrons. The van der Waals surface area contributed by atoms with Gasteiger partial charge in [0.2, 0.25) is 5.95 Å². The van der Waals surface area contributed by atoms with Gasteiger partial charge in [0.1, 0.15) is 0 Å². The van der Waals surface area contributed by atoms with Crippen molar-refractivity contribution in [2.24, 2.45) is 0 Å². The van der Waals surface area contributed by atoms with Crippen LogP contribution in [-0.2, 0) is 13.2 Å². The summed E-state index contributed by atoms with van der Waals surface area (Å²) in [4.78, 5) is 20.8. The zero-order valence-corrected chi connectivity index (χ0v) is 14.1. The maximum Gasteiger partial charge on any atom is 0.256 e. The van der Waals surface area contributed by atoms with Gasteiger partial charge in [-0.1, -0.05) is 60.7 Å². The molecule has 0 N–H and O–H groups in total. The zero-order chi connectivity index (χ0) is 17.9. The van der Waals surface area contributed by atoms with Crippen molar-refractivity contribution in [1.82, 2.24) is 14.5 Å². The van der Waals surface area contributed by atoms with Crippen LogP contribution in [0.2, 0.25) is 0 Å². The van der Waals surface area contributed by atoms with E-state index in [1.165, 1.54) is 11.0 Å². The third-order valence-electron chi connectivity index (χ3n) is 4.35. The number of rotatable bonds is 3. The molecule has 6 nitrogen and oxygen atoms in total. The Bertz CT molecular complexity index is 1010. The quantitative estimate of drug-likeness (QED) is 0.684. The van der Waals surface area contributed by atoms with Crippen LogP contribution in [0.5, 0.6) is 0 Å². The average molecular weight is 343 g/mol. The van der Waals surface area contributed by atoms with Crippen molar-refractivity contribution in [2.75, 3.05) is 11.6 Å². The first kappa shape index (κ1) is 16.1. The highest BCUT2D eigenvalue weighted by Crippen LogP contribution is 2.22. The Hall–Kier alpha value is -3.43. The van der Waals surface area contributed by atoms with Crippen LogP contribution in [0, 0.1) is 11.5 Å². The monoisotopic (exact) mass is 343 g/mol. The summed E-state index contributed by atoms with van der Waals surface area (Å²) in [5.74, 6) is 0.392. The van der Waals surface area contributed by atoms with Gasteiger partial charge in [-0.25, -0.2) is 9.88 Å². The van der Waals surface area contributed by atoms with Gasteiger partial charge in [-0.15, -0.1) is 0 Å². The van der Waals surface area contributed by atoms with Gasteiger partial charge in [-0.05, 0) is 5.56 Å². The fraction of sp³-hybridized carbons (Fsp3) is 0.150. The lowest BCUT2D eigenvalue weighted by molar-refractivity contribution is 0.190. The van der Waals surface area contributed by atoms with Crippen LogP contribution in [0.15, 0.2) is 71.5 Å². The van der Waals surface area contributed by atoms with Crippen LogP contribution in [0.3, 0.4) is 0 Å². The third-order valence-corrected chi connectivity index (χ3v) is 4.35. The first-order valence-electron chi connectivity index (χ1n) is 8.35. The Balaban J connectivity index is 1.69. The fourth-order valence-electron chi connectivity index (χ4n) is 3.12. The lowest BCUT2D eigenvalue weighted by Gasteiger charge is -2.34. The van der Waals surface area contributed by atoms with Gasteiger partial charge in [-0.2, -0.15) is 5.26 Å². The van der Waals surface area contributed by atoms with E-state index in [-0.39, 0.29) is 5.56 Å². The Morgan fingerprint density at radius 2 is 1.69 bits per heavy atom. The molecule has 3 aromatic rings. The molecule has 0 spiro atoms. The number of hydrogen-bond donors (Lipinski definition) is 0. The Morgan fingerprint density at radius 1 is 1.00 bits per heavy atom. The minimum absolute atomic E-state index is 0.160. The standard InChI is InChI=1S/C20H17N5O/c21-13-24-14-23(12-16-7-3-1-4-8-16)15-25-19(26)11-18(22-20(24)25)17-9-5-2-6-10-17/h1-11H,12,14-15H2. The topological polar surface area (TPSA) is 65.2 Å². The largest absolute Gasteiger partial charge is 0.269 e. The Labute approximate surface area is 151 Å². The molecule has 0 amide bonds. The maximum atomic E-state index is 12.7. The molecule has 0 saturated heterocycles. The molecule has 6 heteroatoms. The lowest BCUT2D eigenvalue weighted by atomic mass is 10.1. The van der Waals surface area contributed by atoms with E-state index in [4.69, 9.17) is 0 Å². The van der Waals surface area contributed by atoms with E-state index in [1.807, 2.05) is 65.6 Å². The summed E-state index contributed by atoms with van der Waals surface area (Å²) in [6.45, 7) is 1.46. The molecular weight excluding hydrogens is 326 g/mol. The van der Waals surface area contributed by atoms with Gasteiger partial charge in [0, 0.05) is 18.2 Å². The van der Waals surface area contributed by atoms with Crippen molar-refractivity contribution in [1.29, 1.82) is 5.26 Å². The van der Waals surface area contributed by atoms with E-state index in [1.54, 1.807) is 4.57 Å². The van der Waals surface area contributed by atoms with E-state index >= 15 is 0 Å². The van der Waals surface area contributed by atoms with E-state index in [9.17, 15) is 10.1 Å². The van der Waals surface area contributed by atoms with Gasteiger partial charge in [-0.3, -0.25) is 14.3 Å². The molecule has 0 atom stereocenters. The predicted octanol–water partition coefficient (Wildman–Crippen LogP) is 2.63. The van der Waals surface area contributed by atoms with Crippen LogP contribution in [-0.4, -0.2) is 21.1 Å². The Kier molecular flexibility index (Phi) is 4.22. The van der Waals surface area contributed by atoms with Crippen molar-refractivity contribution in [2.45, 2.75) is 13.2 Å². The zero-order valence-electron chi connectivity index (χ0n) is 14.1. The first-order chi connectivity index (χ1) is 12.7. The van der Waals surface area contributed by atoms with Crippen molar-refractivity contribution < 1.29 is 0 Å². The number of nitrogens with zero attached hydrogens (tertiary/aromatic N) is 5. The third kappa shape index (κ3) is 3.08. The van der Waals surface area contributed by atoms with Gasteiger partial charge in [0.25, 0.3) is 5.56 Å². The molecular formula is C20H17N5O. The molecule has 2 aromatic carbocycles. The molecule has 1 aliphatic heterocycles. The highest BCUT2D eigenvalue weighted by atomic mass is 16.1. The smallest absolute Gasteiger partial charge is 0.256 e. The van der Waals surface area contributed by atoms with E-state index in [0.29, 0.717) is 31.5 Å². The van der Waals surface area contributed by atoms with Crippen molar-refractivity contribution >= 4 is 5.95 Å². The number of hydrogen-bond acceptors (Lipinski definition) is 5. The van der Waals surface area contributed by atoms with Crippen molar-refractivity contribution in [3.8, 4) is 17.5 Å². The number of anilines is 1. The van der Waals surface area contributed by atoms with Crippen molar-refractivity contribution in [3.05, 3.63) is 82.6 Å². The summed E-state index contributed by atoms with van der Waals surface area (Å²) in [7, 11) is 0. The second kappa shape index (κ2) is 6.82. The minimum atomic E-state index is -0.160. The summed E-state index contributed by atoms with van der Waals surface area (Å²) in [5.41, 5.74) is 2.42. The molecule has 26 heavy (non-hydrogen) atoms. The van der Waals surface area contributed by atoms with E-state index in [0.717, 1.165) is 11.1 Å². The summed E-state index contributed by atoms with van der Waals surface area (Å²) in [5, 5.41) is 9.57. The second-order valence-corrected chi connectivity index (χ2v) is 6.20. The van der Waals surface area contributed by atoms with Gasteiger partial charge in [0.15, 0.2) is 6.19 Å². The number of nitriles is 1. The predicted molar refractivity (Wildman–Crippen MR) is 98.9 cm³/mol. The van der Waals surface area contributed by atoms with E-state index < -0.39 is 0 Å². The van der Waals surface area contributed by atoms with Crippen LogP contribution in [0.4, 0.5) is 5.95 Å². The normalized spacial score (nSPS) is 13.9. The average Bonchev–Trinajstić information content (AvgIpc) is 2.69. The summed E-state index contributed by atoms with van der Waals surface area (Å²) >= 11 is 0. The second-order valence-electron chi connectivity index (χ2n) is 6.20. The van der Waals surface area contributed by atoms with Gasteiger partial charge >= 0.3 is 0 Å². The molecule has 0 fully saturated rings. The molecule has 2 heterocycles. The molecule has 128 valence electrons. The summed E-state index contributed by atoms with van der Waals surface area (Å²) in [6, 6.07) is 21.0. The molecule has 0 aliphatic carbocycles. The minimum Gasteiger partial charge on any atom is -0.269 e. The Morgan fingerprint density at radius 3 is 2.38 bits per heavy atom. The number of fused-ring (bicyclic) bond motifs is 1. The summed E-state index contributed by atoms with van der Waals surface area (Å²) < 4.78 is 1.54. The van der Waals surface area contributed by atoms with Gasteiger partial charge < -0.3 is 0 Å². The van der Waals surface area contributed by atoms with E-state index in [2.05, 4.69) is 11.2 Å². The SMILES string of the molecule is N#CN1CN(Cc2ccccc2)Cn2c1nc(-c1ccccc1)cc2=O. The first-order valence-corrected chi connectivity index (χ1v) is 8.35. The molecule has 4 rings (SSSR count). The molecule has 1 aliphatic rings. The highest BCUT2D eigenvalue weighted by Gasteiger charge is 2.25. The van der Waals surface area contributed by atoms with Crippen LogP contribution < -0.4 is 10.5 Å². The molecule has 0 bridgehead atoms. The van der Waals surface area contributed by atoms with Crippen LogP contribution in [0.25, 0.3) is 11.3 Å². The number of benzene rings is 2. The van der Waals surface area contributed by atoms with Crippen molar-refractivity contribution in [3.63, 3.8) is 0 Å². The van der Waals surface area contributed by atoms with Crippen LogP contribution >= 0.6 is 0 Å². The summed E-state index contributed by atoms with van der Waals surface area (Å²) in [6.07, 6.45) is 2.15. The maximum absolute atomic E-state index is 12.7. The molecule has 0 saturated carbocycles. The lowest BCUT2D eigenvalue weighted by Crippen LogP contribution is -2.46. The van der Waals surface area contributed by atoms with Crippen LogP contribution in [0.1, 0.15) is 5.56 Å². The highest BCUT2D eigenvalue weighted by molar-refractivity contribution is 5.60. The molecule has 0 unspecified atom stereocenters.